The molecule has 1 N–H and O–H groups in total. The van der Waals surface area contributed by atoms with Gasteiger partial charge in [-0.25, -0.2) is 8.42 Å². The van der Waals surface area contributed by atoms with E-state index in [2.05, 4.69) is 10.3 Å². The van der Waals surface area contributed by atoms with E-state index in [9.17, 15) is 8.42 Å². The number of nitrogens with zero attached hydrogens (tertiary/aromatic N) is 2. The van der Waals surface area contributed by atoms with Crippen LogP contribution in [0.4, 0.5) is 0 Å². The molecule has 0 amide bonds. The van der Waals surface area contributed by atoms with Gasteiger partial charge < -0.3 is 10.2 Å². The molecule has 8 heteroatoms. The lowest BCUT2D eigenvalue weighted by Crippen LogP contribution is -2.57. The summed E-state index contributed by atoms with van der Waals surface area (Å²) in [4.78, 5) is 6.25. The van der Waals surface area contributed by atoms with Crippen molar-refractivity contribution in [2.75, 3.05) is 25.9 Å². The fraction of sp³-hybridized carbons (Fsp3) is 0.533. The van der Waals surface area contributed by atoms with Crippen LogP contribution in [0, 0.1) is 0 Å². The molecule has 1 aromatic carbocycles. The highest BCUT2D eigenvalue weighted by molar-refractivity contribution is 14.0. The largest absolute Gasteiger partial charge is 0.352 e. The van der Waals surface area contributed by atoms with Crippen LogP contribution in [-0.2, 0) is 16.4 Å². The highest BCUT2D eigenvalue weighted by Gasteiger charge is 2.40. The summed E-state index contributed by atoms with van der Waals surface area (Å²) >= 11 is 6.15. The van der Waals surface area contributed by atoms with Gasteiger partial charge in [0, 0.05) is 31.7 Å². The number of halogens is 2. The Morgan fingerprint density at radius 2 is 2.04 bits per heavy atom. The molecule has 1 aromatic rings. The first-order valence-corrected chi connectivity index (χ1v) is 9.21. The molecular weight excluding hydrogens is 449 g/mol. The van der Waals surface area contributed by atoms with E-state index in [1.165, 1.54) is 0 Å². The molecule has 0 atom stereocenters. The topological polar surface area (TPSA) is 61.8 Å². The second-order valence-electron chi connectivity index (χ2n) is 5.99. The predicted octanol–water partition coefficient (Wildman–Crippen LogP) is 2.54. The van der Waals surface area contributed by atoms with Crippen molar-refractivity contribution in [1.29, 1.82) is 0 Å². The Hall–Kier alpha value is -0.540. The van der Waals surface area contributed by atoms with Crippen LogP contribution < -0.4 is 5.32 Å². The van der Waals surface area contributed by atoms with Crippen molar-refractivity contribution in [1.82, 2.24) is 10.2 Å². The Kier molecular flexibility index (Phi) is 7.15. The van der Waals surface area contributed by atoms with E-state index >= 15 is 0 Å². The Labute approximate surface area is 160 Å². The maximum Gasteiger partial charge on any atom is 0.193 e. The minimum Gasteiger partial charge on any atom is -0.352 e. The van der Waals surface area contributed by atoms with Crippen molar-refractivity contribution in [3.05, 3.63) is 34.9 Å². The van der Waals surface area contributed by atoms with Gasteiger partial charge in [-0.15, -0.1) is 24.0 Å². The fourth-order valence-corrected chi connectivity index (χ4v) is 4.04. The van der Waals surface area contributed by atoms with E-state index in [-0.39, 0.29) is 29.7 Å². The number of rotatable bonds is 2. The summed E-state index contributed by atoms with van der Waals surface area (Å²) in [5.41, 5.74) is 0.981. The fourth-order valence-electron chi connectivity index (χ4n) is 2.47. The number of aliphatic imine (C=N–C) groups is 1. The molecule has 1 saturated heterocycles. The number of sulfone groups is 1. The van der Waals surface area contributed by atoms with Crippen LogP contribution in [0.5, 0.6) is 0 Å². The number of nitrogens with one attached hydrogen (secondary N) is 1. The molecular formula is C15H23ClIN3O2S. The second-order valence-corrected chi connectivity index (χ2v) is 9.14. The smallest absolute Gasteiger partial charge is 0.193 e. The van der Waals surface area contributed by atoms with E-state index in [1.54, 1.807) is 20.9 Å². The molecule has 1 aliphatic rings. The van der Waals surface area contributed by atoms with Crippen LogP contribution in [-0.4, -0.2) is 49.9 Å². The molecule has 2 rings (SSSR count). The van der Waals surface area contributed by atoms with Crippen LogP contribution >= 0.6 is 35.6 Å². The van der Waals surface area contributed by atoms with Crippen LogP contribution in [0.3, 0.4) is 0 Å². The van der Waals surface area contributed by atoms with Crippen LogP contribution in [0.1, 0.15) is 19.4 Å². The van der Waals surface area contributed by atoms with Crippen molar-refractivity contribution in [3.8, 4) is 0 Å². The van der Waals surface area contributed by atoms with Crippen LogP contribution in [0.15, 0.2) is 29.3 Å². The maximum atomic E-state index is 12.1. The standard InChI is InChI=1S/C15H22ClN3O2S.HI/c1-15(2)11-19(8-9-22(15,20)21)14(17-3)18-10-12-6-4-5-7-13(12)16;/h4-7H,8-11H2,1-3H3,(H,17,18);1H. The monoisotopic (exact) mass is 471 g/mol. The third kappa shape index (κ3) is 4.73. The summed E-state index contributed by atoms with van der Waals surface area (Å²) in [5.74, 6) is 0.843. The minimum absolute atomic E-state index is 0. The zero-order valence-electron chi connectivity index (χ0n) is 13.5. The highest BCUT2D eigenvalue weighted by atomic mass is 127. The van der Waals surface area contributed by atoms with Crippen LogP contribution in [0.2, 0.25) is 5.02 Å². The lowest BCUT2D eigenvalue weighted by molar-refractivity contribution is 0.353. The Bertz CT molecular complexity index is 677. The summed E-state index contributed by atoms with van der Waals surface area (Å²) in [7, 11) is -1.36. The molecule has 0 aromatic heterocycles. The highest BCUT2D eigenvalue weighted by Crippen LogP contribution is 2.23. The molecule has 0 unspecified atom stereocenters. The molecule has 0 radical (unpaired) electrons. The summed E-state index contributed by atoms with van der Waals surface area (Å²) in [6, 6.07) is 7.62. The first kappa shape index (κ1) is 20.5. The van der Waals surface area contributed by atoms with Gasteiger partial charge in [-0.05, 0) is 25.5 Å². The molecule has 1 aliphatic heterocycles. The normalized spacial score (nSPS) is 19.8. The summed E-state index contributed by atoms with van der Waals surface area (Å²) < 4.78 is 23.4. The molecule has 23 heavy (non-hydrogen) atoms. The van der Waals surface area contributed by atoms with Crippen molar-refractivity contribution in [2.45, 2.75) is 25.1 Å². The maximum absolute atomic E-state index is 12.1. The van der Waals surface area contributed by atoms with Gasteiger partial charge in [0.1, 0.15) is 0 Å². The molecule has 130 valence electrons. The van der Waals surface area contributed by atoms with E-state index in [0.717, 1.165) is 5.56 Å². The number of benzene rings is 1. The van der Waals surface area contributed by atoms with E-state index < -0.39 is 14.6 Å². The zero-order valence-corrected chi connectivity index (χ0v) is 17.4. The Balaban J connectivity index is 0.00000264. The lowest BCUT2D eigenvalue weighted by atomic mass is 10.2. The number of guanidine groups is 1. The van der Waals surface area contributed by atoms with Crippen molar-refractivity contribution in [2.24, 2.45) is 4.99 Å². The third-order valence-corrected chi connectivity index (χ3v) is 6.85. The van der Waals surface area contributed by atoms with Gasteiger partial charge in [0.05, 0.1) is 10.5 Å². The first-order valence-electron chi connectivity index (χ1n) is 7.18. The quantitative estimate of drug-likeness (QED) is 0.409. The van der Waals surface area contributed by atoms with Crippen molar-refractivity contribution >= 4 is 51.4 Å². The predicted molar refractivity (Wildman–Crippen MR) is 107 cm³/mol. The summed E-state index contributed by atoms with van der Waals surface area (Å²) in [5, 5.41) is 3.96. The van der Waals surface area contributed by atoms with Gasteiger partial charge in [-0.2, -0.15) is 0 Å². The molecule has 5 nitrogen and oxygen atoms in total. The molecule has 0 bridgehead atoms. The van der Waals surface area contributed by atoms with Crippen molar-refractivity contribution in [3.63, 3.8) is 0 Å². The lowest BCUT2D eigenvalue weighted by Gasteiger charge is -2.39. The van der Waals surface area contributed by atoms with Crippen molar-refractivity contribution < 1.29 is 8.42 Å². The van der Waals surface area contributed by atoms with Gasteiger partial charge in [0.25, 0.3) is 0 Å². The zero-order chi connectivity index (χ0) is 16.4. The SMILES string of the molecule is CN=C(NCc1ccccc1Cl)N1CCS(=O)(=O)C(C)(C)C1.I. The van der Waals surface area contributed by atoms with Gasteiger partial charge in [0.2, 0.25) is 0 Å². The number of hydrogen-bond donors (Lipinski definition) is 1. The van der Waals surface area contributed by atoms with Gasteiger partial charge in [-0.1, -0.05) is 29.8 Å². The molecule has 0 saturated carbocycles. The van der Waals surface area contributed by atoms with E-state index in [1.807, 2.05) is 29.2 Å². The Morgan fingerprint density at radius 3 is 2.61 bits per heavy atom. The van der Waals surface area contributed by atoms with Gasteiger partial charge in [-0.3, -0.25) is 4.99 Å². The minimum atomic E-state index is -3.06. The van der Waals surface area contributed by atoms with Gasteiger partial charge in [0.15, 0.2) is 15.8 Å². The summed E-state index contributed by atoms with van der Waals surface area (Å²) in [6.45, 7) is 4.95. The van der Waals surface area contributed by atoms with E-state index in [0.29, 0.717) is 30.6 Å². The average Bonchev–Trinajstić information content (AvgIpc) is 2.45. The van der Waals surface area contributed by atoms with Crippen LogP contribution in [0.25, 0.3) is 0 Å². The first-order chi connectivity index (χ1) is 10.3. The second kappa shape index (κ2) is 8.02. The average molecular weight is 472 g/mol. The molecule has 1 heterocycles. The molecule has 0 spiro atoms. The summed E-state index contributed by atoms with van der Waals surface area (Å²) in [6.07, 6.45) is 0. The molecule has 0 aliphatic carbocycles. The van der Waals surface area contributed by atoms with E-state index in [4.69, 9.17) is 11.6 Å². The number of hydrogen-bond acceptors (Lipinski definition) is 3. The van der Waals surface area contributed by atoms with Gasteiger partial charge >= 0.3 is 0 Å². The third-order valence-electron chi connectivity index (χ3n) is 3.95. The molecule has 1 fully saturated rings. The Morgan fingerprint density at radius 1 is 1.39 bits per heavy atom.